The van der Waals surface area contributed by atoms with Crippen LogP contribution in [0.25, 0.3) is 11.1 Å². The third kappa shape index (κ3) is 4.30. The fourth-order valence-corrected chi connectivity index (χ4v) is 5.97. The van der Waals surface area contributed by atoms with Crippen molar-refractivity contribution in [3.05, 3.63) is 90.0 Å². The summed E-state index contributed by atoms with van der Waals surface area (Å²) < 4.78 is 19.5. The molecule has 1 N–H and O–H groups in total. The number of thioether (sulfide) groups is 1. The number of nitrogens with one attached hydrogen (secondary N) is 1. The Morgan fingerprint density at radius 1 is 1.12 bits per heavy atom. The fraction of sp³-hybridized carbons (Fsp3) is 0.269. The molecule has 1 saturated carbocycles. The molecule has 1 fully saturated rings. The van der Waals surface area contributed by atoms with Crippen LogP contribution < -0.4 is 5.32 Å². The molecular formula is C26H24FN3O2S. The Morgan fingerprint density at radius 3 is 2.76 bits per heavy atom. The third-order valence-corrected chi connectivity index (χ3v) is 7.51. The van der Waals surface area contributed by atoms with Gasteiger partial charge in [-0.25, -0.2) is 4.39 Å². The molecule has 0 radical (unpaired) electrons. The first-order chi connectivity index (χ1) is 16.1. The van der Waals surface area contributed by atoms with Gasteiger partial charge in [0.1, 0.15) is 5.82 Å². The van der Waals surface area contributed by atoms with Gasteiger partial charge in [0.25, 0.3) is 5.91 Å². The molecule has 2 aliphatic rings. The van der Waals surface area contributed by atoms with Crippen molar-refractivity contribution in [2.24, 2.45) is 10.9 Å². The largest absolute Gasteiger partial charge is 0.381 e. The van der Waals surface area contributed by atoms with Gasteiger partial charge in [0.15, 0.2) is 5.17 Å². The minimum atomic E-state index is -0.512. The molecule has 168 valence electrons. The molecule has 1 aliphatic heterocycles. The summed E-state index contributed by atoms with van der Waals surface area (Å²) in [4.78, 5) is 21.9. The van der Waals surface area contributed by atoms with E-state index in [0.29, 0.717) is 10.7 Å². The quantitative estimate of drug-likeness (QED) is 0.591. The zero-order valence-corrected chi connectivity index (χ0v) is 19.0. The molecule has 0 bridgehead atoms. The SMILES string of the molecule is COC1CC2CSC(NC(=O)c3ccccc3)=NC2(c2cccc(-c3cncc(F)c3)c2)C1. The van der Waals surface area contributed by atoms with E-state index in [1.165, 1.54) is 12.3 Å². The Kier molecular flexibility index (Phi) is 6.00. The van der Waals surface area contributed by atoms with Crippen LogP contribution in [0.15, 0.2) is 78.0 Å². The van der Waals surface area contributed by atoms with E-state index in [1.807, 2.05) is 30.3 Å². The molecule has 1 amide bonds. The highest BCUT2D eigenvalue weighted by Crippen LogP contribution is 2.52. The average Bonchev–Trinajstić information content (AvgIpc) is 3.24. The fourth-order valence-electron chi connectivity index (χ4n) is 4.80. The maximum Gasteiger partial charge on any atom is 0.257 e. The predicted octanol–water partition coefficient (Wildman–Crippen LogP) is 5.04. The highest BCUT2D eigenvalue weighted by atomic mass is 32.2. The second-order valence-corrected chi connectivity index (χ2v) is 9.45. The second kappa shape index (κ2) is 9.08. The van der Waals surface area contributed by atoms with Crippen LogP contribution in [0.2, 0.25) is 0 Å². The molecule has 1 aliphatic carbocycles. The van der Waals surface area contributed by atoms with Crippen LogP contribution in [-0.2, 0) is 10.3 Å². The third-order valence-electron chi connectivity index (χ3n) is 6.47. The molecule has 2 aromatic carbocycles. The Labute approximate surface area is 196 Å². The lowest BCUT2D eigenvalue weighted by atomic mass is 9.80. The Morgan fingerprint density at radius 2 is 1.97 bits per heavy atom. The minimum absolute atomic E-state index is 0.0861. The number of hydrogen-bond donors (Lipinski definition) is 1. The number of methoxy groups -OCH3 is 1. The first-order valence-corrected chi connectivity index (χ1v) is 11.9. The van der Waals surface area contributed by atoms with Gasteiger partial charge in [-0.15, -0.1) is 0 Å². The standard InChI is InChI=1S/C26H24FN3O2S/c1-32-23-12-21-16-33-25(29-24(31)17-6-3-2-4-7-17)30-26(21,13-23)20-9-5-8-18(10-20)19-11-22(27)15-28-14-19/h2-11,14-15,21,23H,12-13,16H2,1H3,(H,29,30,31). The number of pyridine rings is 1. The molecule has 3 unspecified atom stereocenters. The lowest BCUT2D eigenvalue weighted by molar-refractivity contribution is 0.0977. The second-order valence-electron chi connectivity index (χ2n) is 8.44. The zero-order chi connectivity index (χ0) is 22.8. The summed E-state index contributed by atoms with van der Waals surface area (Å²) in [7, 11) is 1.74. The van der Waals surface area contributed by atoms with Crippen molar-refractivity contribution in [2.75, 3.05) is 12.9 Å². The number of amides is 1. The van der Waals surface area contributed by atoms with Crippen molar-refractivity contribution in [3.63, 3.8) is 0 Å². The van der Waals surface area contributed by atoms with E-state index >= 15 is 0 Å². The highest BCUT2D eigenvalue weighted by Gasteiger charge is 2.51. The van der Waals surface area contributed by atoms with Gasteiger partial charge in [0.05, 0.1) is 17.8 Å². The topological polar surface area (TPSA) is 63.6 Å². The molecule has 0 spiro atoms. The van der Waals surface area contributed by atoms with Gasteiger partial charge in [0, 0.05) is 42.5 Å². The summed E-state index contributed by atoms with van der Waals surface area (Å²) in [5.41, 5.74) is 2.73. The van der Waals surface area contributed by atoms with Crippen LogP contribution in [0, 0.1) is 11.7 Å². The first kappa shape index (κ1) is 21.8. The lowest BCUT2D eigenvalue weighted by Gasteiger charge is -2.36. The maximum atomic E-state index is 13.8. The van der Waals surface area contributed by atoms with E-state index < -0.39 is 5.54 Å². The molecule has 33 heavy (non-hydrogen) atoms. The molecule has 5 nitrogen and oxygen atoms in total. The summed E-state index contributed by atoms with van der Waals surface area (Å²) in [6.07, 6.45) is 4.58. The van der Waals surface area contributed by atoms with Crippen LogP contribution in [0.4, 0.5) is 4.39 Å². The number of benzene rings is 2. The summed E-state index contributed by atoms with van der Waals surface area (Å²) in [5, 5.41) is 3.62. The molecule has 1 aromatic heterocycles. The smallest absolute Gasteiger partial charge is 0.257 e. The van der Waals surface area contributed by atoms with Crippen LogP contribution >= 0.6 is 11.8 Å². The van der Waals surface area contributed by atoms with E-state index in [0.717, 1.165) is 35.3 Å². The minimum Gasteiger partial charge on any atom is -0.381 e. The van der Waals surface area contributed by atoms with Gasteiger partial charge in [-0.2, -0.15) is 0 Å². The van der Waals surface area contributed by atoms with E-state index in [2.05, 4.69) is 22.4 Å². The van der Waals surface area contributed by atoms with Crippen LogP contribution in [0.5, 0.6) is 0 Å². The summed E-state index contributed by atoms with van der Waals surface area (Å²) in [6, 6.07) is 18.7. The zero-order valence-electron chi connectivity index (χ0n) is 18.2. The van der Waals surface area contributed by atoms with Crippen molar-refractivity contribution in [2.45, 2.75) is 24.5 Å². The Balaban J connectivity index is 1.53. The summed E-state index contributed by atoms with van der Waals surface area (Å²) >= 11 is 1.57. The van der Waals surface area contributed by atoms with Gasteiger partial charge >= 0.3 is 0 Å². The van der Waals surface area contributed by atoms with Crippen molar-refractivity contribution in [3.8, 4) is 11.1 Å². The molecule has 3 atom stereocenters. The number of carbonyl (C=O) groups is 1. The molecule has 3 aromatic rings. The van der Waals surface area contributed by atoms with Crippen LogP contribution in [0.3, 0.4) is 0 Å². The summed E-state index contributed by atoms with van der Waals surface area (Å²) in [5.74, 6) is 0.564. The van der Waals surface area contributed by atoms with E-state index in [1.54, 1.807) is 37.2 Å². The number of halogens is 1. The van der Waals surface area contributed by atoms with Crippen LogP contribution in [0.1, 0.15) is 28.8 Å². The van der Waals surface area contributed by atoms with Crippen molar-refractivity contribution < 1.29 is 13.9 Å². The van der Waals surface area contributed by atoms with Gasteiger partial charge in [-0.3, -0.25) is 14.8 Å². The van der Waals surface area contributed by atoms with Gasteiger partial charge in [-0.1, -0.05) is 48.2 Å². The molecule has 2 heterocycles. The van der Waals surface area contributed by atoms with Gasteiger partial charge in [0.2, 0.25) is 0 Å². The number of amidine groups is 1. The number of ether oxygens (including phenoxy) is 1. The molecular weight excluding hydrogens is 437 g/mol. The van der Waals surface area contributed by atoms with Gasteiger partial charge < -0.3 is 10.1 Å². The van der Waals surface area contributed by atoms with Crippen molar-refractivity contribution >= 4 is 22.8 Å². The Hall–Kier alpha value is -3.03. The van der Waals surface area contributed by atoms with Crippen LogP contribution in [-0.4, -0.2) is 35.0 Å². The van der Waals surface area contributed by atoms with E-state index in [-0.39, 0.29) is 23.7 Å². The molecule has 7 heteroatoms. The summed E-state index contributed by atoms with van der Waals surface area (Å²) in [6.45, 7) is 0. The van der Waals surface area contributed by atoms with Crippen molar-refractivity contribution in [1.82, 2.24) is 10.3 Å². The monoisotopic (exact) mass is 461 g/mol. The normalized spacial score (nSPS) is 24.1. The number of fused-ring (bicyclic) bond motifs is 1. The molecule has 5 rings (SSSR count). The van der Waals surface area contributed by atoms with Crippen molar-refractivity contribution in [1.29, 1.82) is 0 Å². The maximum absolute atomic E-state index is 13.8. The lowest BCUT2D eigenvalue weighted by Crippen LogP contribution is -2.40. The predicted molar refractivity (Wildman–Crippen MR) is 129 cm³/mol. The number of carbonyl (C=O) groups excluding carboxylic acids is 1. The average molecular weight is 462 g/mol. The Bertz CT molecular complexity index is 1200. The number of rotatable bonds is 4. The van der Waals surface area contributed by atoms with E-state index in [9.17, 15) is 9.18 Å². The molecule has 0 saturated heterocycles. The van der Waals surface area contributed by atoms with Gasteiger partial charge in [-0.05, 0) is 41.8 Å². The highest BCUT2D eigenvalue weighted by molar-refractivity contribution is 8.13. The number of hydrogen-bond acceptors (Lipinski definition) is 5. The first-order valence-electron chi connectivity index (χ1n) is 10.9. The number of aliphatic imine (C=N–C) groups is 1. The number of aromatic nitrogens is 1. The van der Waals surface area contributed by atoms with E-state index in [4.69, 9.17) is 9.73 Å². The number of nitrogens with zero attached hydrogens (tertiary/aromatic N) is 2.